The Hall–Kier alpha value is 0.0800. The van der Waals surface area contributed by atoms with Gasteiger partial charge in [-0.25, -0.2) is 4.79 Å². The molecule has 5 nitrogen and oxygen atoms in total. The van der Waals surface area contributed by atoms with Crippen LogP contribution in [0.2, 0.25) is 0 Å². The van der Waals surface area contributed by atoms with Crippen LogP contribution in [0.3, 0.4) is 0 Å². The van der Waals surface area contributed by atoms with Crippen LogP contribution in [0.4, 0.5) is 0 Å². The topological polar surface area (TPSA) is 54.0 Å². The number of halogens is 1. The average Bonchev–Trinajstić information content (AvgIpc) is 2.51. The zero-order valence-electron chi connectivity index (χ0n) is 7.86. The van der Waals surface area contributed by atoms with Gasteiger partial charge in [0.25, 0.3) is 0 Å². The maximum absolute atomic E-state index is 11.3. The number of fused-ring (bicyclic) bond motifs is 1. The predicted molar refractivity (Wildman–Crippen MR) is 53.7 cm³/mol. The maximum Gasteiger partial charge on any atom is 0.338 e. The molecule has 2 rings (SSSR count). The van der Waals surface area contributed by atoms with Crippen LogP contribution in [0.15, 0.2) is 0 Å². The van der Waals surface area contributed by atoms with Gasteiger partial charge in [0.05, 0.1) is 6.61 Å². The summed E-state index contributed by atoms with van der Waals surface area (Å²) < 4.78 is 20.9. The van der Waals surface area contributed by atoms with Gasteiger partial charge in [0.15, 0.2) is 18.0 Å². The van der Waals surface area contributed by atoms with E-state index in [0.717, 1.165) is 0 Å². The van der Waals surface area contributed by atoms with Crippen molar-refractivity contribution in [3.05, 3.63) is 0 Å². The molecule has 2 aliphatic heterocycles. The minimum Gasteiger partial charge on any atom is -0.455 e. The Balaban J connectivity index is 2.11. The SMILES string of the molecule is CC1(C)O[C@@H]2[C@@H](COI)OC(=O)[C@@H]2O1. The lowest BCUT2D eigenvalue weighted by Gasteiger charge is -2.20. The van der Waals surface area contributed by atoms with Crippen molar-refractivity contribution >= 4 is 29.0 Å². The van der Waals surface area contributed by atoms with Gasteiger partial charge in [0.1, 0.15) is 29.1 Å². The molecule has 0 N–H and O–H groups in total. The number of carbonyl (C=O) groups is 1. The molecule has 2 heterocycles. The van der Waals surface area contributed by atoms with E-state index in [9.17, 15) is 4.79 Å². The Morgan fingerprint density at radius 1 is 1.50 bits per heavy atom. The second-order valence-electron chi connectivity index (χ2n) is 3.77. The highest BCUT2D eigenvalue weighted by Crippen LogP contribution is 2.36. The molecular weight excluding hydrogens is 303 g/mol. The fourth-order valence-corrected chi connectivity index (χ4v) is 2.07. The number of hydrogen-bond acceptors (Lipinski definition) is 5. The van der Waals surface area contributed by atoms with E-state index in [0.29, 0.717) is 6.61 Å². The molecule has 14 heavy (non-hydrogen) atoms. The van der Waals surface area contributed by atoms with Crippen molar-refractivity contribution in [2.24, 2.45) is 0 Å². The lowest BCUT2D eigenvalue weighted by molar-refractivity contribution is -0.187. The Labute approximate surface area is 95.7 Å². The molecule has 0 aliphatic carbocycles. The summed E-state index contributed by atoms with van der Waals surface area (Å²) in [6, 6.07) is 0. The number of ether oxygens (including phenoxy) is 3. The molecule has 0 aromatic rings. The van der Waals surface area contributed by atoms with E-state index in [1.165, 1.54) is 0 Å². The van der Waals surface area contributed by atoms with Gasteiger partial charge in [-0.05, 0) is 13.8 Å². The molecule has 2 saturated heterocycles. The second-order valence-corrected chi connectivity index (χ2v) is 4.39. The molecule has 0 amide bonds. The molecule has 80 valence electrons. The monoisotopic (exact) mass is 314 g/mol. The van der Waals surface area contributed by atoms with Crippen LogP contribution in [0.25, 0.3) is 0 Å². The van der Waals surface area contributed by atoms with Gasteiger partial charge in [-0.1, -0.05) is 0 Å². The zero-order valence-corrected chi connectivity index (χ0v) is 10.0. The normalized spacial score (nSPS) is 39.6. The van der Waals surface area contributed by atoms with Crippen molar-refractivity contribution in [1.29, 1.82) is 0 Å². The van der Waals surface area contributed by atoms with Crippen LogP contribution in [-0.2, 0) is 22.1 Å². The quantitative estimate of drug-likeness (QED) is 0.557. The first-order valence-electron chi connectivity index (χ1n) is 4.33. The van der Waals surface area contributed by atoms with Crippen LogP contribution in [-0.4, -0.2) is 36.7 Å². The molecule has 6 heteroatoms. The van der Waals surface area contributed by atoms with Gasteiger partial charge in [0.2, 0.25) is 0 Å². The van der Waals surface area contributed by atoms with Crippen molar-refractivity contribution in [2.75, 3.05) is 6.61 Å². The minimum atomic E-state index is -0.710. The maximum atomic E-state index is 11.3. The highest BCUT2D eigenvalue weighted by atomic mass is 127. The van der Waals surface area contributed by atoms with Crippen molar-refractivity contribution < 1.29 is 22.1 Å². The third kappa shape index (κ3) is 1.75. The van der Waals surface area contributed by atoms with Gasteiger partial charge < -0.3 is 17.3 Å². The van der Waals surface area contributed by atoms with Crippen LogP contribution >= 0.6 is 23.0 Å². The third-order valence-corrected chi connectivity index (χ3v) is 2.58. The number of rotatable bonds is 2. The standard InChI is InChI=1S/C8H11IO5/c1-8(2)13-5-4(3-11-9)12-7(10)6(5)14-8/h4-6H,3H2,1-2H3/t4-,5-,6-/m1/s1. The zero-order chi connectivity index (χ0) is 10.3. The van der Waals surface area contributed by atoms with E-state index in [1.807, 2.05) is 0 Å². The molecule has 0 aromatic heterocycles. The lowest BCUT2D eigenvalue weighted by Crippen LogP contribution is -2.32. The van der Waals surface area contributed by atoms with Crippen molar-refractivity contribution in [2.45, 2.75) is 37.9 Å². The summed E-state index contributed by atoms with van der Waals surface area (Å²) in [5.41, 5.74) is 0. The molecule has 3 atom stereocenters. The number of cyclic esters (lactones) is 1. The fraction of sp³-hybridized carbons (Fsp3) is 0.875. The van der Waals surface area contributed by atoms with Gasteiger partial charge in [0, 0.05) is 0 Å². The highest BCUT2D eigenvalue weighted by Gasteiger charge is 2.55. The van der Waals surface area contributed by atoms with Crippen molar-refractivity contribution in [1.82, 2.24) is 0 Å². The molecule has 0 saturated carbocycles. The summed E-state index contributed by atoms with van der Waals surface area (Å²) >= 11 is 1.76. The minimum absolute atomic E-state index is 0.326. The third-order valence-electron chi connectivity index (χ3n) is 2.22. The Morgan fingerprint density at radius 2 is 2.21 bits per heavy atom. The van der Waals surface area contributed by atoms with E-state index in [-0.39, 0.29) is 18.2 Å². The first-order valence-corrected chi connectivity index (χ1v) is 5.21. The van der Waals surface area contributed by atoms with Gasteiger partial charge in [-0.2, -0.15) is 0 Å². The summed E-state index contributed by atoms with van der Waals surface area (Å²) in [6.07, 6.45) is -1.29. The molecule has 0 unspecified atom stereocenters. The summed E-state index contributed by atoms with van der Waals surface area (Å²) in [6.45, 7) is 3.88. The molecular formula is C8H11IO5. The van der Waals surface area contributed by atoms with Crippen LogP contribution in [0.1, 0.15) is 13.8 Å². The summed E-state index contributed by atoms with van der Waals surface area (Å²) in [4.78, 5) is 11.3. The molecule has 2 aliphatic rings. The predicted octanol–water partition coefficient (Wildman–Crippen LogP) is 0.798. The fourth-order valence-electron chi connectivity index (χ4n) is 1.72. The Kier molecular flexibility index (Phi) is 2.71. The number of hydrogen-bond donors (Lipinski definition) is 0. The van der Waals surface area contributed by atoms with E-state index in [4.69, 9.17) is 17.3 Å². The molecule has 2 fully saturated rings. The number of esters is 1. The summed E-state index contributed by atoms with van der Waals surface area (Å²) in [5, 5.41) is 0. The van der Waals surface area contributed by atoms with Crippen LogP contribution in [0, 0.1) is 0 Å². The number of carbonyl (C=O) groups excluding carboxylic acids is 1. The van der Waals surface area contributed by atoms with E-state index < -0.39 is 11.9 Å². The largest absolute Gasteiger partial charge is 0.455 e. The second kappa shape index (κ2) is 3.58. The van der Waals surface area contributed by atoms with E-state index in [2.05, 4.69) is 0 Å². The van der Waals surface area contributed by atoms with Crippen LogP contribution < -0.4 is 0 Å². The average molecular weight is 314 g/mol. The first kappa shape index (κ1) is 10.6. The van der Waals surface area contributed by atoms with E-state index in [1.54, 1.807) is 36.9 Å². The summed E-state index contributed by atoms with van der Waals surface area (Å²) in [7, 11) is 0. The molecule has 0 radical (unpaired) electrons. The molecule has 0 spiro atoms. The molecule has 0 aromatic carbocycles. The smallest absolute Gasteiger partial charge is 0.338 e. The van der Waals surface area contributed by atoms with Crippen molar-refractivity contribution in [3.8, 4) is 0 Å². The van der Waals surface area contributed by atoms with Gasteiger partial charge in [-0.15, -0.1) is 0 Å². The Bertz CT molecular complexity index is 254. The van der Waals surface area contributed by atoms with E-state index >= 15 is 0 Å². The van der Waals surface area contributed by atoms with Crippen molar-refractivity contribution in [3.63, 3.8) is 0 Å². The Morgan fingerprint density at radius 3 is 2.86 bits per heavy atom. The lowest BCUT2D eigenvalue weighted by atomic mass is 10.1. The van der Waals surface area contributed by atoms with Gasteiger partial charge in [-0.3, -0.25) is 0 Å². The molecule has 0 bridgehead atoms. The van der Waals surface area contributed by atoms with Gasteiger partial charge >= 0.3 is 5.97 Å². The summed E-state index contributed by atoms with van der Waals surface area (Å²) in [5.74, 6) is -1.07. The highest BCUT2D eigenvalue weighted by molar-refractivity contribution is 14.1. The first-order chi connectivity index (χ1) is 6.53. The van der Waals surface area contributed by atoms with Crippen LogP contribution in [0.5, 0.6) is 0 Å².